The van der Waals surface area contributed by atoms with E-state index in [9.17, 15) is 42.3 Å². The van der Waals surface area contributed by atoms with Crippen molar-refractivity contribution in [2.75, 3.05) is 27.2 Å². The molecule has 1 aliphatic heterocycles. The highest BCUT2D eigenvalue weighted by Gasteiger charge is 2.49. The quantitative estimate of drug-likeness (QED) is 0.489. The van der Waals surface area contributed by atoms with Crippen LogP contribution in [0.4, 0.5) is 13.2 Å². The summed E-state index contributed by atoms with van der Waals surface area (Å²) < 4.78 is 38.7. The van der Waals surface area contributed by atoms with E-state index in [1.54, 1.807) is 13.8 Å². The van der Waals surface area contributed by atoms with E-state index in [1.807, 2.05) is 0 Å². The number of halogens is 3. The smallest absolute Gasteiger partial charge is 0.471 e. The van der Waals surface area contributed by atoms with Crippen LogP contribution >= 0.6 is 0 Å². The molecule has 1 heterocycles. The number of aliphatic carboxylic acids is 1. The zero-order chi connectivity index (χ0) is 26.6. The Labute approximate surface area is 196 Å². The molecule has 0 unspecified atom stereocenters. The highest BCUT2D eigenvalue weighted by atomic mass is 19.4. The number of amides is 4. The average molecular weight is 495 g/mol. The third-order valence-electron chi connectivity index (χ3n) is 5.96. The van der Waals surface area contributed by atoms with Crippen molar-refractivity contribution < 1.29 is 42.3 Å². The second-order valence-electron chi connectivity index (χ2n) is 9.22. The molecular formula is C21H33F3N4O6. The molecule has 1 rings (SSSR count). The number of carboxylic acid groups (broad SMARTS) is 1. The fourth-order valence-electron chi connectivity index (χ4n) is 3.86. The number of hydrogen-bond acceptors (Lipinski definition) is 5. The third kappa shape index (κ3) is 6.83. The van der Waals surface area contributed by atoms with Crippen LogP contribution in [-0.2, 0) is 24.0 Å². The summed E-state index contributed by atoms with van der Waals surface area (Å²) in [6.45, 7) is 6.28. The molecule has 0 spiro atoms. The lowest BCUT2D eigenvalue weighted by atomic mass is 9.96. The predicted octanol–water partition coefficient (Wildman–Crippen LogP) is 0.851. The summed E-state index contributed by atoms with van der Waals surface area (Å²) in [7, 11) is 2.04. The van der Waals surface area contributed by atoms with Gasteiger partial charge in [-0.3, -0.25) is 24.0 Å². The van der Waals surface area contributed by atoms with Crippen molar-refractivity contribution in [3.8, 4) is 0 Å². The fraction of sp³-hybridized carbons (Fsp3) is 0.762. The van der Waals surface area contributed by atoms with Gasteiger partial charge >= 0.3 is 18.1 Å². The molecule has 0 aromatic carbocycles. The average Bonchev–Trinajstić information content (AvgIpc) is 3.24. The number of hydrogen-bond donors (Lipinski definition) is 2. The second kappa shape index (κ2) is 11.0. The van der Waals surface area contributed by atoms with E-state index in [2.05, 4.69) is 5.32 Å². The summed E-state index contributed by atoms with van der Waals surface area (Å²) in [5.74, 6) is -6.41. The van der Waals surface area contributed by atoms with Gasteiger partial charge in [-0.05, 0) is 32.6 Å². The number of alkyl halides is 3. The fourth-order valence-corrected chi connectivity index (χ4v) is 3.86. The molecule has 34 heavy (non-hydrogen) atoms. The maximum Gasteiger partial charge on any atom is 0.471 e. The Kier molecular flexibility index (Phi) is 9.48. The van der Waals surface area contributed by atoms with Gasteiger partial charge in [-0.25, -0.2) is 0 Å². The van der Waals surface area contributed by atoms with Gasteiger partial charge in [-0.2, -0.15) is 13.2 Å². The standard InChI is InChI=1S/C21H33F3N4O6/c1-12(2)15(26(5)18(33)20(3,4)27(6)19(34)21(22,23)24)16(31)25-13(11-14(29)30)17(32)28-9-7-8-10-28/h12-13,15H,7-11H2,1-6H3,(H,25,31)(H,29,30)/t13-,15-/m0/s1. The van der Waals surface area contributed by atoms with Crippen molar-refractivity contribution in [1.29, 1.82) is 0 Å². The Morgan fingerprint density at radius 2 is 1.50 bits per heavy atom. The Morgan fingerprint density at radius 3 is 1.91 bits per heavy atom. The van der Waals surface area contributed by atoms with Crippen LogP contribution in [0.25, 0.3) is 0 Å². The first-order chi connectivity index (χ1) is 15.4. The van der Waals surface area contributed by atoms with E-state index in [1.165, 1.54) is 11.9 Å². The van der Waals surface area contributed by atoms with Crippen molar-refractivity contribution in [2.45, 2.75) is 70.8 Å². The van der Waals surface area contributed by atoms with Gasteiger partial charge in [-0.15, -0.1) is 0 Å². The van der Waals surface area contributed by atoms with E-state index in [-0.39, 0.29) is 4.90 Å². The van der Waals surface area contributed by atoms with E-state index in [0.29, 0.717) is 13.1 Å². The molecule has 194 valence electrons. The molecule has 1 saturated heterocycles. The van der Waals surface area contributed by atoms with Gasteiger partial charge in [0.25, 0.3) is 0 Å². The third-order valence-corrected chi connectivity index (χ3v) is 5.96. The molecule has 0 saturated carbocycles. The summed E-state index contributed by atoms with van der Waals surface area (Å²) in [5, 5.41) is 11.6. The first-order valence-electron chi connectivity index (χ1n) is 10.9. The maximum absolute atomic E-state index is 13.1. The van der Waals surface area contributed by atoms with E-state index in [4.69, 9.17) is 0 Å². The van der Waals surface area contributed by atoms with E-state index >= 15 is 0 Å². The van der Waals surface area contributed by atoms with E-state index < -0.39 is 65.7 Å². The molecule has 0 aromatic heterocycles. The highest BCUT2D eigenvalue weighted by molar-refractivity contribution is 5.97. The van der Waals surface area contributed by atoms with Gasteiger partial charge in [0.2, 0.25) is 17.7 Å². The topological polar surface area (TPSA) is 127 Å². The van der Waals surface area contributed by atoms with Crippen LogP contribution in [0.2, 0.25) is 0 Å². The number of nitrogens with one attached hydrogen (secondary N) is 1. The minimum absolute atomic E-state index is 0.255. The summed E-state index contributed by atoms with van der Waals surface area (Å²) in [4.78, 5) is 64.6. The van der Waals surface area contributed by atoms with Crippen LogP contribution in [0.3, 0.4) is 0 Å². The molecule has 2 atom stereocenters. The number of rotatable bonds is 9. The largest absolute Gasteiger partial charge is 0.481 e. The van der Waals surface area contributed by atoms with Crippen LogP contribution in [0.1, 0.15) is 47.0 Å². The van der Waals surface area contributed by atoms with Crippen molar-refractivity contribution >= 4 is 29.6 Å². The second-order valence-corrected chi connectivity index (χ2v) is 9.22. The van der Waals surface area contributed by atoms with Crippen molar-refractivity contribution in [2.24, 2.45) is 5.92 Å². The summed E-state index contributed by atoms with van der Waals surface area (Å²) in [6, 6.07) is -2.61. The molecule has 1 fully saturated rings. The summed E-state index contributed by atoms with van der Waals surface area (Å²) in [5.41, 5.74) is -1.96. The van der Waals surface area contributed by atoms with Gasteiger partial charge in [-0.1, -0.05) is 13.8 Å². The van der Waals surface area contributed by atoms with Gasteiger partial charge in [0.1, 0.15) is 17.6 Å². The zero-order valence-corrected chi connectivity index (χ0v) is 20.2. The monoisotopic (exact) mass is 494 g/mol. The Bertz CT molecular complexity index is 809. The van der Waals surface area contributed by atoms with Gasteiger partial charge < -0.3 is 25.1 Å². The molecule has 0 aromatic rings. The molecule has 0 bridgehead atoms. The molecule has 0 aliphatic carbocycles. The summed E-state index contributed by atoms with van der Waals surface area (Å²) in [6.07, 6.45) is -4.35. The lowest BCUT2D eigenvalue weighted by molar-refractivity contribution is -0.191. The molecule has 10 nitrogen and oxygen atoms in total. The van der Waals surface area contributed by atoms with E-state index in [0.717, 1.165) is 38.6 Å². The minimum Gasteiger partial charge on any atom is -0.481 e. The molecule has 1 aliphatic rings. The first kappa shape index (κ1) is 29.2. The molecular weight excluding hydrogens is 461 g/mol. The highest BCUT2D eigenvalue weighted by Crippen LogP contribution is 2.26. The number of nitrogens with zero attached hydrogens (tertiary/aromatic N) is 3. The lowest BCUT2D eigenvalue weighted by Crippen LogP contribution is -2.63. The van der Waals surface area contributed by atoms with Crippen molar-refractivity contribution in [3.05, 3.63) is 0 Å². The number of carbonyl (C=O) groups excluding carboxylic acids is 4. The molecule has 4 amide bonds. The predicted molar refractivity (Wildman–Crippen MR) is 114 cm³/mol. The molecule has 13 heteroatoms. The Balaban J connectivity index is 3.14. The van der Waals surface area contributed by atoms with Crippen molar-refractivity contribution in [3.63, 3.8) is 0 Å². The van der Waals surface area contributed by atoms with Crippen LogP contribution in [-0.4, -0.2) is 100 Å². The Hall–Kier alpha value is -2.86. The van der Waals surface area contributed by atoms with Gasteiger partial charge in [0, 0.05) is 27.2 Å². The molecule has 2 N–H and O–H groups in total. The Morgan fingerprint density at radius 1 is 1.00 bits per heavy atom. The van der Waals surface area contributed by atoms with Crippen molar-refractivity contribution in [1.82, 2.24) is 20.0 Å². The van der Waals surface area contributed by atoms with Crippen LogP contribution < -0.4 is 5.32 Å². The SMILES string of the molecule is CC(C)[C@@H](C(=O)N[C@@H](CC(=O)O)C(=O)N1CCCC1)N(C)C(=O)C(C)(C)N(C)C(=O)C(F)(F)F. The normalized spacial score (nSPS) is 16.1. The maximum atomic E-state index is 13.1. The van der Waals surface area contributed by atoms with Crippen LogP contribution in [0.5, 0.6) is 0 Å². The molecule has 0 radical (unpaired) electrons. The number of carboxylic acids is 1. The first-order valence-corrected chi connectivity index (χ1v) is 10.9. The lowest BCUT2D eigenvalue weighted by Gasteiger charge is -2.40. The van der Waals surface area contributed by atoms with Crippen LogP contribution in [0, 0.1) is 5.92 Å². The van der Waals surface area contributed by atoms with Gasteiger partial charge in [0.15, 0.2) is 0 Å². The van der Waals surface area contributed by atoms with Crippen LogP contribution in [0.15, 0.2) is 0 Å². The minimum atomic E-state index is -5.19. The van der Waals surface area contributed by atoms with Gasteiger partial charge in [0.05, 0.1) is 6.42 Å². The summed E-state index contributed by atoms with van der Waals surface area (Å²) >= 11 is 0. The number of likely N-dealkylation sites (tertiary alicyclic amines) is 1. The number of likely N-dealkylation sites (N-methyl/N-ethyl adjacent to an activating group) is 2. The number of carbonyl (C=O) groups is 5. The zero-order valence-electron chi connectivity index (χ0n) is 20.2.